The Labute approximate surface area is 153 Å². The average molecular weight is 362 g/mol. The van der Waals surface area contributed by atoms with Gasteiger partial charge in [-0.2, -0.15) is 0 Å². The summed E-state index contributed by atoms with van der Waals surface area (Å²) in [5.41, 5.74) is 2.91. The molecule has 1 N–H and O–H groups in total. The molecule has 24 heavy (non-hydrogen) atoms. The maximum absolute atomic E-state index is 13.0. The molecule has 0 radical (unpaired) electrons. The second kappa shape index (κ2) is 7.58. The Balaban J connectivity index is 1.89. The van der Waals surface area contributed by atoms with Gasteiger partial charge in [0, 0.05) is 5.69 Å². The van der Waals surface area contributed by atoms with Crippen molar-refractivity contribution < 1.29 is 4.79 Å². The molecule has 0 saturated heterocycles. The van der Waals surface area contributed by atoms with Crippen molar-refractivity contribution in [2.45, 2.75) is 38.5 Å². The van der Waals surface area contributed by atoms with E-state index in [9.17, 15) is 4.79 Å². The minimum absolute atomic E-state index is 0.0332. The van der Waals surface area contributed by atoms with Crippen LogP contribution >= 0.6 is 23.2 Å². The fourth-order valence-electron chi connectivity index (χ4n) is 3.58. The zero-order valence-corrected chi connectivity index (χ0v) is 15.2. The highest BCUT2D eigenvalue weighted by molar-refractivity contribution is 6.42. The Morgan fingerprint density at radius 3 is 2.50 bits per heavy atom. The van der Waals surface area contributed by atoms with Crippen LogP contribution < -0.4 is 5.32 Å². The summed E-state index contributed by atoms with van der Waals surface area (Å²) in [6, 6.07) is 13.4. The summed E-state index contributed by atoms with van der Waals surface area (Å²) in [7, 11) is 0. The van der Waals surface area contributed by atoms with E-state index in [1.54, 1.807) is 6.07 Å². The third-order valence-electron chi connectivity index (χ3n) is 4.74. The number of amides is 1. The van der Waals surface area contributed by atoms with Crippen molar-refractivity contribution in [2.75, 3.05) is 5.32 Å². The van der Waals surface area contributed by atoms with Gasteiger partial charge in [0.25, 0.3) is 0 Å². The van der Waals surface area contributed by atoms with Crippen molar-refractivity contribution in [1.29, 1.82) is 0 Å². The average Bonchev–Trinajstić information content (AvgIpc) is 3.05. The number of benzene rings is 2. The summed E-state index contributed by atoms with van der Waals surface area (Å²) in [6.07, 6.45) is 4.51. The van der Waals surface area contributed by atoms with Crippen LogP contribution in [0.15, 0.2) is 42.5 Å². The van der Waals surface area contributed by atoms with Crippen LogP contribution in [-0.2, 0) is 4.79 Å². The van der Waals surface area contributed by atoms with Crippen molar-refractivity contribution in [3.63, 3.8) is 0 Å². The van der Waals surface area contributed by atoms with E-state index < -0.39 is 0 Å². The first-order valence-corrected chi connectivity index (χ1v) is 9.12. The van der Waals surface area contributed by atoms with Gasteiger partial charge in [0.2, 0.25) is 5.91 Å². The summed E-state index contributed by atoms with van der Waals surface area (Å²) < 4.78 is 0. The van der Waals surface area contributed by atoms with Gasteiger partial charge in [-0.1, -0.05) is 54.2 Å². The van der Waals surface area contributed by atoms with Crippen LogP contribution in [0.2, 0.25) is 10.0 Å². The normalized spacial score (nSPS) is 16.1. The summed E-state index contributed by atoms with van der Waals surface area (Å²) >= 11 is 12.2. The number of halogens is 2. The van der Waals surface area contributed by atoms with Crippen molar-refractivity contribution >= 4 is 34.8 Å². The quantitative estimate of drug-likeness (QED) is 0.688. The van der Waals surface area contributed by atoms with E-state index >= 15 is 0 Å². The monoisotopic (exact) mass is 361 g/mol. The lowest BCUT2D eigenvalue weighted by atomic mass is 9.84. The van der Waals surface area contributed by atoms with Crippen LogP contribution in [0.1, 0.15) is 42.7 Å². The molecule has 0 bridgehead atoms. The minimum atomic E-state index is -0.192. The topological polar surface area (TPSA) is 29.1 Å². The molecule has 1 unspecified atom stereocenters. The van der Waals surface area contributed by atoms with Crippen LogP contribution in [0, 0.1) is 12.8 Å². The molecule has 1 aliphatic carbocycles. The van der Waals surface area contributed by atoms with Crippen molar-refractivity contribution in [3.05, 3.63) is 63.6 Å². The Kier molecular flexibility index (Phi) is 5.47. The first-order valence-electron chi connectivity index (χ1n) is 8.37. The Hall–Kier alpha value is -1.51. The lowest BCUT2D eigenvalue weighted by Gasteiger charge is -2.23. The van der Waals surface area contributed by atoms with Gasteiger partial charge in [0.15, 0.2) is 0 Å². The molecule has 3 rings (SSSR count). The smallest absolute Gasteiger partial charge is 0.232 e. The fraction of sp³-hybridized carbons (Fsp3) is 0.350. The molecule has 1 aliphatic rings. The van der Waals surface area contributed by atoms with Crippen LogP contribution in [0.5, 0.6) is 0 Å². The van der Waals surface area contributed by atoms with Gasteiger partial charge in [-0.25, -0.2) is 0 Å². The number of nitrogens with one attached hydrogen (secondary N) is 1. The van der Waals surface area contributed by atoms with E-state index in [4.69, 9.17) is 23.2 Å². The van der Waals surface area contributed by atoms with E-state index in [1.807, 2.05) is 43.3 Å². The molecule has 1 saturated carbocycles. The summed E-state index contributed by atoms with van der Waals surface area (Å²) in [4.78, 5) is 13.0. The molecule has 1 atom stereocenters. The molecular weight excluding hydrogens is 341 g/mol. The lowest BCUT2D eigenvalue weighted by molar-refractivity contribution is -0.118. The van der Waals surface area contributed by atoms with Gasteiger partial charge < -0.3 is 5.32 Å². The largest absolute Gasteiger partial charge is 0.326 e. The Morgan fingerprint density at radius 1 is 1.08 bits per heavy atom. The van der Waals surface area contributed by atoms with E-state index in [2.05, 4.69) is 5.32 Å². The molecule has 0 heterocycles. The molecule has 2 aromatic carbocycles. The number of rotatable bonds is 4. The molecule has 2 nitrogen and oxygen atoms in total. The second-order valence-electron chi connectivity index (χ2n) is 6.55. The van der Waals surface area contributed by atoms with Crippen molar-refractivity contribution in [3.8, 4) is 0 Å². The van der Waals surface area contributed by atoms with E-state index in [0.717, 1.165) is 29.7 Å². The van der Waals surface area contributed by atoms with Crippen LogP contribution in [0.3, 0.4) is 0 Å². The SMILES string of the molecule is Cc1cccc(NC(=O)C(c2ccc(Cl)c(Cl)c2)C2CCCC2)c1. The predicted octanol–water partition coefficient (Wildman–Crippen LogP) is 6.21. The number of carbonyl (C=O) groups is 1. The van der Waals surface area contributed by atoms with Gasteiger partial charge in [0.05, 0.1) is 16.0 Å². The van der Waals surface area contributed by atoms with Gasteiger partial charge in [-0.15, -0.1) is 0 Å². The lowest BCUT2D eigenvalue weighted by Crippen LogP contribution is -2.26. The van der Waals surface area contributed by atoms with E-state index in [1.165, 1.54) is 12.8 Å². The number of hydrogen-bond acceptors (Lipinski definition) is 1. The van der Waals surface area contributed by atoms with E-state index in [-0.39, 0.29) is 11.8 Å². The maximum atomic E-state index is 13.0. The van der Waals surface area contributed by atoms with Crippen LogP contribution in [-0.4, -0.2) is 5.91 Å². The Bertz CT molecular complexity index is 738. The molecular formula is C20H21Cl2NO. The molecule has 1 fully saturated rings. The highest BCUT2D eigenvalue weighted by Gasteiger charge is 2.32. The minimum Gasteiger partial charge on any atom is -0.326 e. The predicted molar refractivity (Wildman–Crippen MR) is 101 cm³/mol. The zero-order chi connectivity index (χ0) is 17.1. The summed E-state index contributed by atoms with van der Waals surface area (Å²) in [5, 5.41) is 4.10. The van der Waals surface area contributed by atoms with Crippen molar-refractivity contribution in [1.82, 2.24) is 0 Å². The molecule has 1 amide bonds. The second-order valence-corrected chi connectivity index (χ2v) is 7.37. The third-order valence-corrected chi connectivity index (χ3v) is 5.48. The van der Waals surface area contributed by atoms with Crippen LogP contribution in [0.25, 0.3) is 0 Å². The van der Waals surface area contributed by atoms with Gasteiger partial charge in [-0.05, 0) is 61.1 Å². The molecule has 2 aromatic rings. The highest BCUT2D eigenvalue weighted by Crippen LogP contribution is 2.39. The van der Waals surface area contributed by atoms with Gasteiger partial charge in [-0.3, -0.25) is 4.79 Å². The standard InChI is InChI=1S/C20H21Cl2NO/c1-13-5-4-8-16(11-13)23-20(24)19(14-6-2-3-7-14)15-9-10-17(21)18(22)12-15/h4-5,8-12,14,19H,2-3,6-7H2,1H3,(H,23,24). The molecule has 0 spiro atoms. The first-order chi connectivity index (χ1) is 11.5. The molecule has 0 aromatic heterocycles. The summed E-state index contributed by atoms with van der Waals surface area (Å²) in [5.74, 6) is 0.195. The highest BCUT2D eigenvalue weighted by atomic mass is 35.5. The first kappa shape index (κ1) is 17.3. The number of aryl methyl sites for hydroxylation is 1. The number of carbonyl (C=O) groups excluding carboxylic acids is 1. The van der Waals surface area contributed by atoms with Gasteiger partial charge in [0.1, 0.15) is 0 Å². The molecule has 126 valence electrons. The zero-order valence-electron chi connectivity index (χ0n) is 13.7. The summed E-state index contributed by atoms with van der Waals surface area (Å²) in [6.45, 7) is 2.02. The molecule has 0 aliphatic heterocycles. The molecule has 4 heteroatoms. The van der Waals surface area contributed by atoms with Crippen molar-refractivity contribution in [2.24, 2.45) is 5.92 Å². The number of hydrogen-bond donors (Lipinski definition) is 1. The maximum Gasteiger partial charge on any atom is 0.232 e. The van der Waals surface area contributed by atoms with E-state index in [0.29, 0.717) is 16.0 Å². The van der Waals surface area contributed by atoms with Crippen LogP contribution in [0.4, 0.5) is 5.69 Å². The fourth-order valence-corrected chi connectivity index (χ4v) is 3.88. The number of anilines is 1. The third kappa shape index (κ3) is 3.93. The van der Waals surface area contributed by atoms with Gasteiger partial charge >= 0.3 is 0 Å². The Morgan fingerprint density at radius 2 is 1.83 bits per heavy atom.